The molecular weight excluding hydrogens is 330 g/mol. The minimum absolute atomic E-state index is 0.184. The van der Waals surface area contributed by atoms with Crippen LogP contribution in [0.15, 0.2) is 50.7 Å². The van der Waals surface area contributed by atoms with Gasteiger partial charge in [-0.25, -0.2) is 0 Å². The minimum atomic E-state index is 0.184. The van der Waals surface area contributed by atoms with Crippen molar-refractivity contribution in [2.24, 2.45) is 5.73 Å². The maximum Gasteiger partial charge on any atom is 0.0219 e. The first kappa shape index (κ1) is 15.6. The highest BCUT2D eigenvalue weighted by Crippen LogP contribution is 2.33. The maximum absolute atomic E-state index is 5.87. The summed E-state index contributed by atoms with van der Waals surface area (Å²) in [4.78, 5) is 2.57. The van der Waals surface area contributed by atoms with E-state index >= 15 is 0 Å². The second kappa shape index (κ2) is 6.79. The monoisotopic (exact) mass is 349 g/mol. The molecule has 0 spiro atoms. The molecule has 106 valence electrons. The number of aryl methyl sites for hydroxylation is 2. The van der Waals surface area contributed by atoms with Gasteiger partial charge in [0.05, 0.1) is 0 Å². The van der Waals surface area contributed by atoms with E-state index in [-0.39, 0.29) is 6.04 Å². The van der Waals surface area contributed by atoms with Crippen molar-refractivity contribution in [3.63, 3.8) is 0 Å². The van der Waals surface area contributed by atoms with E-state index in [1.807, 2.05) is 18.7 Å². The molecule has 0 heterocycles. The standard InChI is InChI=1S/C17H20BrNS/c1-11-4-5-12(2)17(8-11)20-15-7-6-14(9-13(3)19)16(18)10-15/h4-8,10,13H,9,19H2,1-3H3. The average molecular weight is 350 g/mol. The van der Waals surface area contributed by atoms with Crippen molar-refractivity contribution in [2.75, 3.05) is 0 Å². The fourth-order valence-corrected chi connectivity index (χ4v) is 3.78. The zero-order chi connectivity index (χ0) is 14.7. The maximum atomic E-state index is 5.87. The van der Waals surface area contributed by atoms with Crippen molar-refractivity contribution >= 4 is 27.7 Å². The van der Waals surface area contributed by atoms with Crippen molar-refractivity contribution in [2.45, 2.75) is 43.0 Å². The zero-order valence-corrected chi connectivity index (χ0v) is 14.5. The number of benzene rings is 2. The molecule has 2 rings (SSSR count). The summed E-state index contributed by atoms with van der Waals surface area (Å²) in [6.07, 6.45) is 0.898. The van der Waals surface area contributed by atoms with Gasteiger partial charge in [0.25, 0.3) is 0 Å². The van der Waals surface area contributed by atoms with E-state index in [0.29, 0.717) is 0 Å². The molecule has 0 bridgehead atoms. The van der Waals surface area contributed by atoms with Crippen LogP contribution in [-0.2, 0) is 6.42 Å². The highest BCUT2D eigenvalue weighted by Gasteiger charge is 2.07. The van der Waals surface area contributed by atoms with E-state index in [1.165, 1.54) is 26.5 Å². The number of hydrogen-bond acceptors (Lipinski definition) is 2. The van der Waals surface area contributed by atoms with Crippen LogP contribution in [0.2, 0.25) is 0 Å². The van der Waals surface area contributed by atoms with Crippen LogP contribution >= 0.6 is 27.7 Å². The molecule has 0 radical (unpaired) electrons. The molecule has 0 saturated carbocycles. The molecule has 1 unspecified atom stereocenters. The topological polar surface area (TPSA) is 26.0 Å². The van der Waals surface area contributed by atoms with Crippen molar-refractivity contribution in [1.29, 1.82) is 0 Å². The fourth-order valence-electron chi connectivity index (χ4n) is 2.05. The second-order valence-corrected chi connectivity index (χ2v) is 7.28. The third-order valence-corrected chi connectivity index (χ3v) is 5.03. The van der Waals surface area contributed by atoms with Crippen molar-refractivity contribution in [3.05, 3.63) is 57.6 Å². The number of halogens is 1. The van der Waals surface area contributed by atoms with Gasteiger partial charge in [-0.3, -0.25) is 0 Å². The lowest BCUT2D eigenvalue weighted by Gasteiger charge is -2.11. The van der Waals surface area contributed by atoms with Gasteiger partial charge in [0.2, 0.25) is 0 Å². The van der Waals surface area contributed by atoms with Gasteiger partial charge in [0.1, 0.15) is 0 Å². The molecule has 0 amide bonds. The number of rotatable bonds is 4. The Balaban J connectivity index is 2.22. The average Bonchev–Trinajstić information content (AvgIpc) is 2.37. The van der Waals surface area contributed by atoms with Crippen LogP contribution in [0.5, 0.6) is 0 Å². The smallest absolute Gasteiger partial charge is 0.0219 e. The van der Waals surface area contributed by atoms with Gasteiger partial charge in [0, 0.05) is 20.3 Å². The summed E-state index contributed by atoms with van der Waals surface area (Å²) in [5.41, 5.74) is 9.75. The Morgan fingerprint density at radius 1 is 1.15 bits per heavy atom. The van der Waals surface area contributed by atoms with Gasteiger partial charge in [-0.1, -0.05) is 45.9 Å². The van der Waals surface area contributed by atoms with E-state index in [2.05, 4.69) is 66.2 Å². The Bertz CT molecular complexity index is 608. The van der Waals surface area contributed by atoms with Gasteiger partial charge < -0.3 is 5.73 Å². The predicted octanol–water partition coefficient (Wildman–Crippen LogP) is 5.11. The van der Waals surface area contributed by atoms with Crippen LogP contribution in [0.25, 0.3) is 0 Å². The summed E-state index contributed by atoms with van der Waals surface area (Å²) in [5, 5.41) is 0. The molecule has 2 aromatic carbocycles. The van der Waals surface area contributed by atoms with E-state index in [0.717, 1.165) is 10.9 Å². The van der Waals surface area contributed by atoms with E-state index in [1.54, 1.807) is 0 Å². The molecule has 0 fully saturated rings. The highest BCUT2D eigenvalue weighted by molar-refractivity contribution is 9.10. The van der Waals surface area contributed by atoms with Gasteiger partial charge in [0.15, 0.2) is 0 Å². The van der Waals surface area contributed by atoms with Gasteiger partial charge >= 0.3 is 0 Å². The molecule has 0 saturated heterocycles. The molecule has 0 aliphatic carbocycles. The Kier molecular flexibility index (Phi) is 5.30. The van der Waals surface area contributed by atoms with Gasteiger partial charge in [-0.2, -0.15) is 0 Å². The Hall–Kier alpha value is -0.770. The van der Waals surface area contributed by atoms with Crippen LogP contribution in [-0.4, -0.2) is 6.04 Å². The van der Waals surface area contributed by atoms with Crippen LogP contribution in [0.4, 0.5) is 0 Å². The normalized spacial score (nSPS) is 12.4. The van der Waals surface area contributed by atoms with Crippen LogP contribution in [0, 0.1) is 13.8 Å². The molecule has 0 aliphatic rings. The summed E-state index contributed by atoms with van der Waals surface area (Å²) in [7, 11) is 0. The molecular formula is C17H20BrNS. The predicted molar refractivity (Wildman–Crippen MR) is 91.5 cm³/mol. The van der Waals surface area contributed by atoms with Crippen molar-refractivity contribution in [1.82, 2.24) is 0 Å². The zero-order valence-electron chi connectivity index (χ0n) is 12.1. The first-order valence-corrected chi connectivity index (χ1v) is 8.36. The molecule has 3 heteroatoms. The lowest BCUT2D eigenvalue weighted by Crippen LogP contribution is -2.17. The van der Waals surface area contributed by atoms with E-state index in [9.17, 15) is 0 Å². The first-order chi connectivity index (χ1) is 9.45. The minimum Gasteiger partial charge on any atom is -0.328 e. The molecule has 2 aromatic rings. The largest absolute Gasteiger partial charge is 0.328 e. The summed E-state index contributed by atoms with van der Waals surface area (Å²) in [6.45, 7) is 6.32. The summed E-state index contributed by atoms with van der Waals surface area (Å²) in [5.74, 6) is 0. The quantitative estimate of drug-likeness (QED) is 0.830. The Morgan fingerprint density at radius 3 is 2.55 bits per heavy atom. The van der Waals surface area contributed by atoms with Gasteiger partial charge in [-0.05, 0) is 62.1 Å². The van der Waals surface area contributed by atoms with Crippen LogP contribution in [0.3, 0.4) is 0 Å². The third kappa shape index (κ3) is 4.11. The Labute approximate surface area is 134 Å². The molecule has 1 nitrogen and oxygen atoms in total. The van der Waals surface area contributed by atoms with Crippen LogP contribution < -0.4 is 5.73 Å². The summed E-state index contributed by atoms with van der Waals surface area (Å²) < 4.78 is 1.14. The van der Waals surface area contributed by atoms with Gasteiger partial charge in [-0.15, -0.1) is 0 Å². The van der Waals surface area contributed by atoms with Crippen molar-refractivity contribution in [3.8, 4) is 0 Å². The number of nitrogens with two attached hydrogens (primary N) is 1. The summed E-state index contributed by atoms with van der Waals surface area (Å²) >= 11 is 5.46. The molecule has 0 aliphatic heterocycles. The second-order valence-electron chi connectivity index (χ2n) is 5.31. The number of hydrogen-bond donors (Lipinski definition) is 1. The lowest BCUT2D eigenvalue weighted by molar-refractivity contribution is 0.735. The third-order valence-electron chi connectivity index (χ3n) is 3.14. The molecule has 0 aromatic heterocycles. The lowest BCUT2D eigenvalue weighted by atomic mass is 10.1. The van der Waals surface area contributed by atoms with Crippen molar-refractivity contribution < 1.29 is 0 Å². The van der Waals surface area contributed by atoms with E-state index < -0.39 is 0 Å². The molecule has 1 atom stereocenters. The SMILES string of the molecule is Cc1ccc(C)c(Sc2ccc(CC(C)N)c(Br)c2)c1. The summed E-state index contributed by atoms with van der Waals surface area (Å²) in [6, 6.07) is 13.3. The fraction of sp³-hybridized carbons (Fsp3) is 0.294. The van der Waals surface area contributed by atoms with Crippen LogP contribution in [0.1, 0.15) is 23.6 Å². The first-order valence-electron chi connectivity index (χ1n) is 6.75. The van der Waals surface area contributed by atoms with E-state index in [4.69, 9.17) is 5.73 Å². The molecule has 2 N–H and O–H groups in total. The highest BCUT2D eigenvalue weighted by atomic mass is 79.9. The Morgan fingerprint density at radius 2 is 1.90 bits per heavy atom. The molecule has 20 heavy (non-hydrogen) atoms.